The second-order valence-electron chi connectivity index (χ2n) is 6.83. The third-order valence-corrected chi connectivity index (χ3v) is 4.91. The minimum absolute atomic E-state index is 0.0188. The minimum Gasteiger partial charge on any atom is -0.480 e. The topological polar surface area (TPSA) is 116 Å². The van der Waals surface area contributed by atoms with Crippen LogP contribution in [0.5, 0.6) is 0 Å². The number of likely N-dealkylation sites (N-methyl/N-ethyl adjacent to an activating group) is 2. The number of nitro groups is 1. The number of non-ortho nitro benzene ring substituents is 1. The van der Waals surface area contributed by atoms with Gasteiger partial charge in [0, 0.05) is 37.8 Å². The van der Waals surface area contributed by atoms with Crippen molar-refractivity contribution in [2.45, 2.75) is 38.3 Å². The Morgan fingerprint density at radius 2 is 2.07 bits per heavy atom. The lowest BCUT2D eigenvalue weighted by Gasteiger charge is -2.42. The summed E-state index contributed by atoms with van der Waals surface area (Å²) in [6, 6.07) is 6.44. The zero-order valence-electron chi connectivity index (χ0n) is 15.6. The van der Waals surface area contributed by atoms with Crippen LogP contribution in [0.2, 0.25) is 0 Å². The molecule has 27 heavy (non-hydrogen) atoms. The highest BCUT2D eigenvalue weighted by Gasteiger charge is 2.35. The molecule has 1 aliphatic carbocycles. The zero-order valence-corrected chi connectivity index (χ0v) is 15.6. The van der Waals surface area contributed by atoms with E-state index in [2.05, 4.69) is 5.32 Å². The number of nitrogens with zero attached hydrogens (tertiary/aromatic N) is 3. The summed E-state index contributed by atoms with van der Waals surface area (Å²) >= 11 is 0. The summed E-state index contributed by atoms with van der Waals surface area (Å²) in [6.45, 7) is 3.06. The van der Waals surface area contributed by atoms with Crippen molar-refractivity contribution >= 4 is 17.7 Å². The fourth-order valence-corrected chi connectivity index (χ4v) is 3.19. The molecule has 0 aliphatic heterocycles. The first-order valence-electron chi connectivity index (χ1n) is 9.01. The molecule has 1 saturated carbocycles. The molecule has 2 N–H and O–H groups in total. The molecule has 2 amide bonds. The van der Waals surface area contributed by atoms with Gasteiger partial charge < -0.3 is 15.3 Å². The number of amides is 2. The molecule has 1 aromatic carbocycles. The summed E-state index contributed by atoms with van der Waals surface area (Å²) in [7, 11) is 1.69. The number of urea groups is 1. The van der Waals surface area contributed by atoms with E-state index < -0.39 is 10.9 Å². The molecule has 0 bridgehead atoms. The number of carboxylic acids is 1. The molecule has 0 radical (unpaired) electrons. The summed E-state index contributed by atoms with van der Waals surface area (Å²) in [5.41, 5.74) is 0.849. The van der Waals surface area contributed by atoms with Crippen LogP contribution in [0, 0.1) is 10.1 Å². The second-order valence-corrected chi connectivity index (χ2v) is 6.83. The highest BCUT2D eigenvalue weighted by molar-refractivity contribution is 5.74. The van der Waals surface area contributed by atoms with Crippen molar-refractivity contribution in [2.24, 2.45) is 0 Å². The molecule has 2 rings (SSSR count). The predicted molar refractivity (Wildman–Crippen MR) is 99.7 cm³/mol. The van der Waals surface area contributed by atoms with Gasteiger partial charge in [-0.1, -0.05) is 19.1 Å². The molecule has 0 unspecified atom stereocenters. The Balaban J connectivity index is 1.74. The molecule has 9 heteroatoms. The van der Waals surface area contributed by atoms with Gasteiger partial charge in [-0.05, 0) is 31.4 Å². The van der Waals surface area contributed by atoms with E-state index in [0.717, 1.165) is 18.4 Å². The van der Waals surface area contributed by atoms with Crippen LogP contribution in [-0.4, -0.2) is 70.6 Å². The normalized spacial score (nSPS) is 18.6. The van der Waals surface area contributed by atoms with Gasteiger partial charge in [0.1, 0.15) is 0 Å². The number of benzene rings is 1. The van der Waals surface area contributed by atoms with Crippen molar-refractivity contribution in [1.82, 2.24) is 15.1 Å². The van der Waals surface area contributed by atoms with Gasteiger partial charge in [-0.3, -0.25) is 19.8 Å². The maximum Gasteiger partial charge on any atom is 0.317 e. The number of aliphatic carboxylic acids is 1. The molecule has 148 valence electrons. The summed E-state index contributed by atoms with van der Waals surface area (Å²) < 4.78 is 0. The lowest BCUT2D eigenvalue weighted by Crippen LogP contribution is -2.56. The molecular weight excluding hydrogens is 352 g/mol. The van der Waals surface area contributed by atoms with Gasteiger partial charge in [-0.25, -0.2) is 4.79 Å². The molecule has 0 aromatic heterocycles. The van der Waals surface area contributed by atoms with Crippen LogP contribution < -0.4 is 5.32 Å². The second kappa shape index (κ2) is 9.31. The molecule has 1 aliphatic rings. The summed E-state index contributed by atoms with van der Waals surface area (Å²) in [6.07, 6.45) is 2.01. The average molecular weight is 378 g/mol. The van der Waals surface area contributed by atoms with Gasteiger partial charge in [0.05, 0.1) is 11.5 Å². The summed E-state index contributed by atoms with van der Waals surface area (Å²) in [4.78, 5) is 37.0. The van der Waals surface area contributed by atoms with Crippen molar-refractivity contribution in [2.75, 3.05) is 26.7 Å². The van der Waals surface area contributed by atoms with E-state index in [1.807, 2.05) is 11.8 Å². The van der Waals surface area contributed by atoms with Gasteiger partial charge in [0.2, 0.25) is 0 Å². The third kappa shape index (κ3) is 5.92. The van der Waals surface area contributed by atoms with E-state index in [-0.39, 0.29) is 30.3 Å². The molecule has 1 aromatic rings. The van der Waals surface area contributed by atoms with Gasteiger partial charge in [0.25, 0.3) is 5.69 Å². The molecule has 0 saturated heterocycles. The maximum absolute atomic E-state index is 12.3. The molecule has 1 fully saturated rings. The van der Waals surface area contributed by atoms with Crippen LogP contribution >= 0.6 is 0 Å². The standard InChI is InChI=1S/C18H26N4O5/c1-3-21(12-17(23)24)16-10-14(11-16)19-18(25)20(2)8-7-13-5-4-6-15(9-13)22(26)27/h4-6,9,14,16H,3,7-8,10-12H2,1-2H3,(H,19,25)(H,23,24). The van der Waals surface area contributed by atoms with Crippen molar-refractivity contribution in [3.8, 4) is 0 Å². The predicted octanol–water partition coefficient (Wildman–Crippen LogP) is 1.72. The fraction of sp³-hybridized carbons (Fsp3) is 0.556. The fourth-order valence-electron chi connectivity index (χ4n) is 3.19. The van der Waals surface area contributed by atoms with Gasteiger partial charge in [0.15, 0.2) is 0 Å². The van der Waals surface area contributed by atoms with Crippen molar-refractivity contribution in [1.29, 1.82) is 0 Å². The van der Waals surface area contributed by atoms with E-state index in [9.17, 15) is 19.7 Å². The smallest absolute Gasteiger partial charge is 0.317 e. The first-order chi connectivity index (χ1) is 12.8. The SMILES string of the molecule is CCN(CC(=O)O)C1CC(NC(=O)N(C)CCc2cccc([N+](=O)[O-])c2)C1. The van der Waals surface area contributed by atoms with Crippen molar-refractivity contribution < 1.29 is 19.6 Å². The largest absolute Gasteiger partial charge is 0.480 e. The van der Waals surface area contributed by atoms with Gasteiger partial charge >= 0.3 is 12.0 Å². The van der Waals surface area contributed by atoms with Crippen LogP contribution in [0.3, 0.4) is 0 Å². The third-order valence-electron chi connectivity index (χ3n) is 4.91. The molecule has 0 heterocycles. The number of carboxylic acid groups (broad SMARTS) is 1. The Labute approximate surface area is 158 Å². The lowest BCUT2D eigenvalue weighted by atomic mass is 9.85. The number of hydrogen-bond donors (Lipinski definition) is 2. The van der Waals surface area contributed by atoms with Crippen molar-refractivity contribution in [3.05, 3.63) is 39.9 Å². The number of carbonyl (C=O) groups excluding carboxylic acids is 1. The zero-order chi connectivity index (χ0) is 20.0. The monoisotopic (exact) mass is 378 g/mol. The number of carbonyl (C=O) groups is 2. The Kier molecular flexibility index (Phi) is 7.12. The van der Waals surface area contributed by atoms with E-state index in [1.165, 1.54) is 12.1 Å². The first kappa shape index (κ1) is 20.6. The van der Waals surface area contributed by atoms with E-state index in [4.69, 9.17) is 5.11 Å². The molecule has 0 atom stereocenters. The Morgan fingerprint density at radius 1 is 1.37 bits per heavy atom. The number of hydrogen-bond acceptors (Lipinski definition) is 5. The first-order valence-corrected chi connectivity index (χ1v) is 9.01. The minimum atomic E-state index is -0.842. The highest BCUT2D eigenvalue weighted by Crippen LogP contribution is 2.25. The van der Waals surface area contributed by atoms with Crippen LogP contribution in [0.25, 0.3) is 0 Å². The Morgan fingerprint density at radius 3 is 2.67 bits per heavy atom. The number of rotatable bonds is 9. The summed E-state index contributed by atoms with van der Waals surface area (Å²) in [5.74, 6) is -0.842. The van der Waals surface area contributed by atoms with Crippen LogP contribution in [0.1, 0.15) is 25.3 Å². The number of nitro benzene ring substituents is 1. The highest BCUT2D eigenvalue weighted by atomic mass is 16.6. The maximum atomic E-state index is 12.3. The molecule has 9 nitrogen and oxygen atoms in total. The van der Waals surface area contributed by atoms with Crippen molar-refractivity contribution in [3.63, 3.8) is 0 Å². The Hall–Kier alpha value is -2.68. The quantitative estimate of drug-likeness (QED) is 0.499. The Bertz CT molecular complexity index is 690. The molecular formula is C18H26N4O5. The van der Waals surface area contributed by atoms with E-state index >= 15 is 0 Å². The number of nitrogens with one attached hydrogen (secondary N) is 1. The average Bonchev–Trinajstić information content (AvgIpc) is 2.60. The van der Waals surface area contributed by atoms with Crippen LogP contribution in [0.4, 0.5) is 10.5 Å². The van der Waals surface area contributed by atoms with Crippen LogP contribution in [-0.2, 0) is 11.2 Å². The van der Waals surface area contributed by atoms with Crippen LogP contribution in [0.15, 0.2) is 24.3 Å². The molecule has 0 spiro atoms. The van der Waals surface area contributed by atoms with Gasteiger partial charge in [-0.15, -0.1) is 0 Å². The summed E-state index contributed by atoms with van der Waals surface area (Å²) in [5, 5.41) is 22.7. The van der Waals surface area contributed by atoms with E-state index in [0.29, 0.717) is 19.5 Å². The lowest BCUT2D eigenvalue weighted by molar-refractivity contribution is -0.384. The van der Waals surface area contributed by atoms with Gasteiger partial charge in [-0.2, -0.15) is 0 Å². The van der Waals surface area contributed by atoms with E-state index in [1.54, 1.807) is 24.1 Å².